The molecule has 2 aromatic rings. The largest absolute Gasteiger partial charge is 0.573 e. The van der Waals surface area contributed by atoms with E-state index >= 15 is 4.39 Å². The van der Waals surface area contributed by atoms with Gasteiger partial charge in [0.1, 0.15) is 12.1 Å². The minimum absolute atomic E-state index is 0.0349. The number of carbonyl (C=O) groups excluding carboxylic acids is 2. The fraction of sp³-hybridized carbons (Fsp3) is 0.455. The fourth-order valence-electron chi connectivity index (χ4n) is 4.55. The number of alkyl halides is 5. The Bertz CT molecular complexity index is 1140. The maximum absolute atomic E-state index is 15.1. The zero-order chi connectivity index (χ0) is 26.3. The lowest BCUT2D eigenvalue weighted by Gasteiger charge is -2.41. The molecule has 1 N–H and O–H groups in total. The van der Waals surface area contributed by atoms with Gasteiger partial charge in [0.05, 0.1) is 23.9 Å². The number of fused-ring (bicyclic) bond motifs is 2. The van der Waals surface area contributed by atoms with E-state index < -0.39 is 52.6 Å². The molecule has 1 aromatic carbocycles. The topological polar surface area (TPSA) is 93.6 Å². The Morgan fingerprint density at radius 3 is 2.47 bits per heavy atom. The first-order chi connectivity index (χ1) is 16.9. The van der Waals surface area contributed by atoms with E-state index in [0.29, 0.717) is 23.8 Å². The summed E-state index contributed by atoms with van der Waals surface area (Å²) in [6.07, 6.45) is 0.104. The van der Waals surface area contributed by atoms with Crippen molar-refractivity contribution in [2.75, 3.05) is 4.90 Å². The smallest absolute Gasteiger partial charge is 0.406 e. The first-order valence-corrected chi connectivity index (χ1v) is 11.2. The molecule has 2 bridgehead atoms. The monoisotopic (exact) mass is 534 g/mol. The molecule has 4 rings (SSSR count). The molecular weight excluding hydrogens is 515 g/mol. The van der Waals surface area contributed by atoms with Crippen LogP contribution in [0, 0.1) is 5.82 Å². The van der Waals surface area contributed by atoms with Crippen LogP contribution < -0.4 is 15.0 Å². The first kappa shape index (κ1) is 26.0. The molecule has 0 aliphatic carbocycles. The Morgan fingerprint density at radius 2 is 1.94 bits per heavy atom. The number of anilines is 1. The lowest BCUT2D eigenvalue weighted by Crippen LogP contribution is -2.60. The summed E-state index contributed by atoms with van der Waals surface area (Å²) in [6.45, 7) is 1.20. The van der Waals surface area contributed by atoms with Crippen molar-refractivity contribution >= 4 is 29.1 Å². The Morgan fingerprint density at radius 1 is 1.25 bits per heavy atom. The summed E-state index contributed by atoms with van der Waals surface area (Å²) in [5, 5.41) is 2.78. The summed E-state index contributed by atoms with van der Waals surface area (Å²) in [5.74, 6) is -4.71. The molecule has 1 aromatic heterocycles. The normalized spacial score (nSPS) is 23.6. The SMILES string of the molecule is C[C@](C(=O)N[C@@H]1C[C@H]2CC[C@@H]1O2)(c1cncnc1)N(C(=O)[C@H](F)Cl)c1ccc(OC(F)(F)F)cc1F. The predicted molar refractivity (Wildman–Crippen MR) is 115 cm³/mol. The quantitative estimate of drug-likeness (QED) is 0.430. The fourth-order valence-corrected chi connectivity index (χ4v) is 4.65. The number of rotatable bonds is 7. The van der Waals surface area contributed by atoms with Crippen LogP contribution in [-0.2, 0) is 19.9 Å². The summed E-state index contributed by atoms with van der Waals surface area (Å²) in [6, 6.07) is 1.40. The van der Waals surface area contributed by atoms with Crippen LogP contribution >= 0.6 is 11.6 Å². The van der Waals surface area contributed by atoms with Crippen LogP contribution in [0.15, 0.2) is 36.9 Å². The maximum Gasteiger partial charge on any atom is 0.573 e. The van der Waals surface area contributed by atoms with Gasteiger partial charge in [-0.1, -0.05) is 11.6 Å². The Kier molecular flexibility index (Phi) is 7.06. The van der Waals surface area contributed by atoms with Gasteiger partial charge in [-0.05, 0) is 38.3 Å². The van der Waals surface area contributed by atoms with Gasteiger partial charge >= 0.3 is 6.36 Å². The van der Waals surface area contributed by atoms with Crippen molar-refractivity contribution < 1.29 is 41.0 Å². The van der Waals surface area contributed by atoms with Gasteiger partial charge < -0.3 is 14.8 Å². The third-order valence-corrected chi connectivity index (χ3v) is 6.42. The van der Waals surface area contributed by atoms with Crippen LogP contribution in [0.5, 0.6) is 5.75 Å². The van der Waals surface area contributed by atoms with Gasteiger partial charge in [-0.25, -0.2) is 18.7 Å². The average molecular weight is 535 g/mol. The van der Waals surface area contributed by atoms with E-state index in [1.54, 1.807) is 0 Å². The number of benzene rings is 1. The summed E-state index contributed by atoms with van der Waals surface area (Å²) >= 11 is 5.43. The lowest BCUT2D eigenvalue weighted by atomic mass is 9.88. The molecule has 8 nitrogen and oxygen atoms in total. The molecular formula is C22H20ClF5N4O4. The van der Waals surface area contributed by atoms with Gasteiger partial charge in [-0.2, -0.15) is 0 Å². The third-order valence-electron chi connectivity index (χ3n) is 6.24. The minimum Gasteiger partial charge on any atom is -0.406 e. The second kappa shape index (κ2) is 9.77. The number of hydrogen-bond acceptors (Lipinski definition) is 6. The lowest BCUT2D eigenvalue weighted by molar-refractivity contribution is -0.274. The highest BCUT2D eigenvalue weighted by Crippen LogP contribution is 2.39. The van der Waals surface area contributed by atoms with Crippen LogP contribution in [0.3, 0.4) is 0 Å². The standard InChI is InChI=1S/C22H20ClF5N4O4/c1-21(11-8-29-10-30-9-11,20(34)31-15-7-12-3-5-17(15)35-12)32(19(33)18(23)25)16-4-2-13(6-14(16)24)36-22(26,27)28/h2,4,6,8-10,12,15,17-18H,3,5,7H2,1H3,(H,31,34)/t12-,15-,17+,18+,21-/m1/s1. The molecule has 2 fully saturated rings. The van der Waals surface area contributed by atoms with Crippen molar-refractivity contribution in [3.8, 4) is 5.75 Å². The zero-order valence-corrected chi connectivity index (χ0v) is 19.4. The number of amides is 2. The molecule has 5 atom stereocenters. The highest BCUT2D eigenvalue weighted by molar-refractivity contribution is 6.32. The molecule has 0 spiro atoms. The Labute approximate surface area is 206 Å². The molecule has 2 amide bonds. The third kappa shape index (κ3) is 5.07. The first-order valence-electron chi connectivity index (χ1n) is 10.8. The number of halogens is 6. The average Bonchev–Trinajstić information content (AvgIpc) is 3.43. The number of ether oxygens (including phenoxy) is 2. The van der Waals surface area contributed by atoms with Crippen molar-refractivity contribution in [1.82, 2.24) is 15.3 Å². The van der Waals surface area contributed by atoms with E-state index in [2.05, 4.69) is 20.0 Å². The number of nitrogens with one attached hydrogen (secondary N) is 1. The van der Waals surface area contributed by atoms with Crippen LogP contribution in [0.2, 0.25) is 0 Å². The highest BCUT2D eigenvalue weighted by atomic mass is 35.5. The summed E-state index contributed by atoms with van der Waals surface area (Å²) in [7, 11) is 0. The number of hydrogen-bond donors (Lipinski definition) is 1. The van der Waals surface area contributed by atoms with Crippen LogP contribution in [0.4, 0.5) is 27.6 Å². The number of carbonyl (C=O) groups is 2. The second-order valence-electron chi connectivity index (χ2n) is 8.52. The Balaban J connectivity index is 1.79. The summed E-state index contributed by atoms with van der Waals surface area (Å²) in [5.41, 5.74) is -5.65. The molecule has 0 saturated carbocycles. The van der Waals surface area contributed by atoms with E-state index in [1.165, 1.54) is 19.3 Å². The van der Waals surface area contributed by atoms with E-state index in [9.17, 15) is 27.2 Å². The molecule has 2 aliphatic rings. The predicted octanol–water partition coefficient (Wildman–Crippen LogP) is 3.73. The van der Waals surface area contributed by atoms with Crippen LogP contribution in [0.1, 0.15) is 31.7 Å². The van der Waals surface area contributed by atoms with E-state index in [1.807, 2.05) is 0 Å². The van der Waals surface area contributed by atoms with Gasteiger partial charge in [-0.3, -0.25) is 14.5 Å². The van der Waals surface area contributed by atoms with Gasteiger partial charge in [-0.15, -0.1) is 13.2 Å². The molecule has 194 valence electrons. The highest BCUT2D eigenvalue weighted by Gasteiger charge is 2.50. The maximum atomic E-state index is 15.1. The number of aromatic nitrogens is 2. The molecule has 14 heteroatoms. The van der Waals surface area contributed by atoms with Gasteiger partial charge in [0, 0.05) is 24.0 Å². The van der Waals surface area contributed by atoms with Gasteiger partial charge in [0.2, 0.25) is 0 Å². The molecule has 2 saturated heterocycles. The van der Waals surface area contributed by atoms with E-state index in [4.69, 9.17) is 16.3 Å². The van der Waals surface area contributed by atoms with Crippen LogP contribution in [-0.4, -0.2) is 52.0 Å². The van der Waals surface area contributed by atoms with Crippen molar-refractivity contribution in [1.29, 1.82) is 0 Å². The molecule has 36 heavy (non-hydrogen) atoms. The van der Waals surface area contributed by atoms with Crippen molar-refractivity contribution in [3.05, 3.63) is 48.3 Å². The molecule has 0 unspecified atom stereocenters. The molecule has 2 aliphatic heterocycles. The zero-order valence-electron chi connectivity index (χ0n) is 18.6. The summed E-state index contributed by atoms with van der Waals surface area (Å²) < 4.78 is 76.5. The molecule has 3 heterocycles. The molecule has 0 radical (unpaired) electrons. The summed E-state index contributed by atoms with van der Waals surface area (Å²) in [4.78, 5) is 34.8. The second-order valence-corrected chi connectivity index (χ2v) is 8.91. The van der Waals surface area contributed by atoms with Gasteiger partial charge in [0.25, 0.3) is 17.4 Å². The van der Waals surface area contributed by atoms with E-state index in [0.717, 1.165) is 24.9 Å². The minimum atomic E-state index is -5.11. The van der Waals surface area contributed by atoms with Gasteiger partial charge in [0.15, 0.2) is 11.4 Å². The van der Waals surface area contributed by atoms with Crippen LogP contribution in [0.25, 0.3) is 0 Å². The van der Waals surface area contributed by atoms with Crippen molar-refractivity contribution in [3.63, 3.8) is 0 Å². The van der Waals surface area contributed by atoms with E-state index in [-0.39, 0.29) is 17.8 Å². The Hall–Kier alpha value is -3.06. The van der Waals surface area contributed by atoms with Crippen molar-refractivity contribution in [2.24, 2.45) is 0 Å². The number of nitrogens with zero attached hydrogens (tertiary/aromatic N) is 3. The van der Waals surface area contributed by atoms with Crippen molar-refractivity contribution in [2.45, 2.75) is 62.0 Å².